The Kier molecular flexibility index (Phi) is 9.88. The zero-order chi connectivity index (χ0) is 29.2. The van der Waals surface area contributed by atoms with Gasteiger partial charge in [-0.25, -0.2) is 19.2 Å². The molecular weight excluding hydrogens is 536 g/mol. The summed E-state index contributed by atoms with van der Waals surface area (Å²) in [5.74, 6) is -1.30. The summed E-state index contributed by atoms with van der Waals surface area (Å²) in [5.41, 5.74) is -0.127. The smallest absolute Gasteiger partial charge is 0.463 e. The van der Waals surface area contributed by atoms with E-state index in [4.69, 9.17) is 33.2 Å². The first-order valence-electron chi connectivity index (χ1n) is 13.0. The van der Waals surface area contributed by atoms with Gasteiger partial charge in [-0.15, -0.1) is 6.58 Å². The Morgan fingerprint density at radius 1 is 0.854 bits per heavy atom. The van der Waals surface area contributed by atoms with Crippen molar-refractivity contribution in [1.29, 1.82) is 0 Å². The van der Waals surface area contributed by atoms with E-state index in [0.717, 1.165) is 6.08 Å². The maximum Gasteiger partial charge on any atom is 0.513 e. The first-order valence-corrected chi connectivity index (χ1v) is 13.0. The van der Waals surface area contributed by atoms with Crippen molar-refractivity contribution in [2.24, 2.45) is 0 Å². The summed E-state index contributed by atoms with van der Waals surface area (Å²) >= 11 is 0. The maximum absolute atomic E-state index is 12.6. The summed E-state index contributed by atoms with van der Waals surface area (Å²) < 4.78 is 37.4. The van der Waals surface area contributed by atoms with Crippen LogP contribution in [0.25, 0.3) is 0 Å². The second kappa shape index (κ2) is 13.7. The molecule has 2 aromatic carbocycles. The summed E-state index contributed by atoms with van der Waals surface area (Å²) in [4.78, 5) is 47.9. The number of rotatable bonds is 12. The van der Waals surface area contributed by atoms with E-state index in [-0.39, 0.29) is 42.4 Å². The van der Waals surface area contributed by atoms with Crippen molar-refractivity contribution < 1.29 is 52.3 Å². The molecule has 216 valence electrons. The lowest BCUT2D eigenvalue weighted by Crippen LogP contribution is -2.39. The fourth-order valence-corrected chi connectivity index (χ4v) is 4.31. The van der Waals surface area contributed by atoms with Gasteiger partial charge in [-0.2, -0.15) is 0 Å². The highest BCUT2D eigenvalue weighted by molar-refractivity contribution is 5.92. The van der Waals surface area contributed by atoms with Gasteiger partial charge in [-0.05, 0) is 61.4 Å². The standard InChI is InChI=1S/C30H30O11/c1-3-25(31)35-16-5-6-17-37-29(34)40-23-13-9-20(10-14-23)27(32)39-22-11-7-21(8-12-22)28(33)41-24-19-38-30(4-2)15-18-36-26(24)30/h3-4,7-14,24,26H,1-2,5-6,15-19H2/t24-,26-,30-/m1/s1. The molecule has 2 fully saturated rings. The van der Waals surface area contributed by atoms with E-state index in [0.29, 0.717) is 25.9 Å². The number of benzene rings is 2. The van der Waals surface area contributed by atoms with Gasteiger partial charge >= 0.3 is 24.1 Å². The summed E-state index contributed by atoms with van der Waals surface area (Å²) in [6.07, 6.45) is 2.59. The van der Waals surface area contributed by atoms with Gasteiger partial charge in [0.25, 0.3) is 0 Å². The van der Waals surface area contributed by atoms with Crippen LogP contribution >= 0.6 is 0 Å². The highest BCUT2D eigenvalue weighted by Gasteiger charge is 2.54. The lowest BCUT2D eigenvalue weighted by Gasteiger charge is -2.23. The molecule has 0 aromatic heterocycles. The third kappa shape index (κ3) is 7.59. The van der Waals surface area contributed by atoms with Crippen molar-refractivity contribution in [3.63, 3.8) is 0 Å². The highest BCUT2D eigenvalue weighted by Crippen LogP contribution is 2.39. The van der Waals surface area contributed by atoms with Crippen LogP contribution in [0.15, 0.2) is 73.8 Å². The quantitative estimate of drug-likeness (QED) is 0.0696. The van der Waals surface area contributed by atoms with Crippen LogP contribution in [-0.2, 0) is 28.5 Å². The number of hydrogen-bond acceptors (Lipinski definition) is 11. The van der Waals surface area contributed by atoms with Crippen molar-refractivity contribution >= 4 is 24.1 Å². The van der Waals surface area contributed by atoms with Gasteiger partial charge < -0.3 is 33.2 Å². The number of unbranched alkanes of at least 4 members (excludes halogenated alkanes) is 1. The van der Waals surface area contributed by atoms with Gasteiger partial charge in [-0.3, -0.25) is 0 Å². The SMILES string of the molecule is C=CC(=O)OCCCCOC(=O)Oc1ccc(C(=O)Oc2ccc(C(=O)O[C@@H]3CO[C@]4(C=C)CCO[C@H]34)cc2)cc1. The average Bonchev–Trinajstić information content (AvgIpc) is 3.55. The van der Waals surface area contributed by atoms with Crippen LogP contribution in [0.5, 0.6) is 11.5 Å². The van der Waals surface area contributed by atoms with Crippen molar-refractivity contribution in [3.05, 3.63) is 85.0 Å². The van der Waals surface area contributed by atoms with Crippen molar-refractivity contribution in [3.8, 4) is 11.5 Å². The molecule has 0 spiro atoms. The monoisotopic (exact) mass is 566 g/mol. The van der Waals surface area contributed by atoms with Gasteiger partial charge in [0, 0.05) is 12.5 Å². The third-order valence-corrected chi connectivity index (χ3v) is 6.49. The van der Waals surface area contributed by atoms with E-state index in [1.54, 1.807) is 6.08 Å². The van der Waals surface area contributed by atoms with Crippen LogP contribution in [0.4, 0.5) is 4.79 Å². The van der Waals surface area contributed by atoms with Crippen LogP contribution in [0.2, 0.25) is 0 Å². The Labute approximate surface area is 236 Å². The molecule has 2 heterocycles. The molecule has 2 aliphatic heterocycles. The predicted octanol–water partition coefficient (Wildman–Crippen LogP) is 4.20. The molecule has 0 N–H and O–H groups in total. The molecule has 11 nitrogen and oxygen atoms in total. The fourth-order valence-electron chi connectivity index (χ4n) is 4.31. The molecule has 0 unspecified atom stereocenters. The lowest BCUT2D eigenvalue weighted by molar-refractivity contribution is -0.137. The maximum atomic E-state index is 12.6. The second-order valence-electron chi connectivity index (χ2n) is 9.17. The van der Waals surface area contributed by atoms with E-state index < -0.39 is 41.9 Å². The second-order valence-corrected chi connectivity index (χ2v) is 9.17. The van der Waals surface area contributed by atoms with E-state index in [1.165, 1.54) is 48.5 Å². The highest BCUT2D eigenvalue weighted by atomic mass is 16.7. The minimum Gasteiger partial charge on any atom is -0.463 e. The van der Waals surface area contributed by atoms with E-state index >= 15 is 0 Å². The Hall–Kier alpha value is -4.48. The molecule has 4 rings (SSSR count). The molecule has 3 atom stereocenters. The van der Waals surface area contributed by atoms with Crippen LogP contribution < -0.4 is 9.47 Å². The number of fused-ring (bicyclic) bond motifs is 1. The largest absolute Gasteiger partial charge is 0.513 e. The Bertz CT molecular complexity index is 1270. The average molecular weight is 567 g/mol. The number of esters is 3. The fraction of sp³-hybridized carbons (Fsp3) is 0.333. The molecule has 0 bridgehead atoms. The zero-order valence-corrected chi connectivity index (χ0v) is 22.3. The van der Waals surface area contributed by atoms with Gasteiger partial charge in [0.2, 0.25) is 0 Å². The Morgan fingerprint density at radius 3 is 2.10 bits per heavy atom. The summed E-state index contributed by atoms with van der Waals surface area (Å²) in [5, 5.41) is 0. The topological polar surface area (TPSA) is 133 Å². The van der Waals surface area contributed by atoms with Gasteiger partial charge in [0.1, 0.15) is 23.2 Å². The first kappa shape index (κ1) is 29.5. The molecule has 41 heavy (non-hydrogen) atoms. The lowest BCUT2D eigenvalue weighted by atomic mass is 9.95. The normalized spacial score (nSPS) is 20.8. The van der Waals surface area contributed by atoms with Crippen LogP contribution in [-0.4, -0.2) is 68.3 Å². The molecule has 2 aliphatic rings. The van der Waals surface area contributed by atoms with E-state index in [2.05, 4.69) is 13.2 Å². The molecule has 2 aromatic rings. The zero-order valence-electron chi connectivity index (χ0n) is 22.3. The number of carbonyl (C=O) groups excluding carboxylic acids is 4. The molecule has 0 aliphatic carbocycles. The predicted molar refractivity (Wildman–Crippen MR) is 143 cm³/mol. The minimum absolute atomic E-state index is 0.0886. The molecule has 0 radical (unpaired) electrons. The van der Waals surface area contributed by atoms with Crippen LogP contribution in [0.3, 0.4) is 0 Å². The summed E-state index contributed by atoms with van der Waals surface area (Å²) in [6, 6.07) is 11.7. The van der Waals surface area contributed by atoms with E-state index in [1.807, 2.05) is 0 Å². The van der Waals surface area contributed by atoms with E-state index in [9.17, 15) is 19.2 Å². The van der Waals surface area contributed by atoms with Crippen molar-refractivity contribution in [1.82, 2.24) is 0 Å². The number of carbonyl (C=O) groups is 4. The summed E-state index contributed by atoms with van der Waals surface area (Å²) in [7, 11) is 0. The van der Waals surface area contributed by atoms with Gasteiger partial charge in [-0.1, -0.05) is 12.7 Å². The Balaban J connectivity index is 1.20. The Morgan fingerprint density at radius 2 is 1.46 bits per heavy atom. The van der Waals surface area contributed by atoms with Crippen LogP contribution in [0.1, 0.15) is 40.0 Å². The van der Waals surface area contributed by atoms with Crippen molar-refractivity contribution in [2.75, 3.05) is 26.4 Å². The molecule has 2 saturated heterocycles. The molecule has 0 saturated carbocycles. The van der Waals surface area contributed by atoms with Crippen LogP contribution in [0, 0.1) is 0 Å². The minimum atomic E-state index is -0.904. The van der Waals surface area contributed by atoms with Gasteiger partial charge in [0.15, 0.2) is 6.10 Å². The molecular formula is C30H30O11. The first-order chi connectivity index (χ1) is 19.8. The van der Waals surface area contributed by atoms with Crippen molar-refractivity contribution in [2.45, 2.75) is 37.1 Å². The molecule has 0 amide bonds. The van der Waals surface area contributed by atoms with Gasteiger partial charge in [0.05, 0.1) is 37.6 Å². The number of hydrogen-bond donors (Lipinski definition) is 0. The third-order valence-electron chi connectivity index (χ3n) is 6.49. The molecule has 11 heteroatoms. The summed E-state index contributed by atoms with van der Waals surface area (Å²) in [6.45, 7) is 8.13. The number of ether oxygens (including phenoxy) is 7.